The third-order valence-corrected chi connectivity index (χ3v) is 3.20. The number of hydrogen-bond acceptors (Lipinski definition) is 2. The maximum Gasteiger partial charge on any atom is 0.314 e. The summed E-state index contributed by atoms with van der Waals surface area (Å²) in [4.78, 5) is 14.6. The Morgan fingerprint density at radius 2 is 1.75 bits per heavy atom. The zero-order chi connectivity index (χ0) is 11.8. The van der Waals surface area contributed by atoms with Gasteiger partial charge in [0.25, 0.3) is 0 Å². The van der Waals surface area contributed by atoms with E-state index in [0.717, 1.165) is 12.4 Å². The number of aromatic nitrogens is 1. The molecule has 0 unspecified atom stereocenters. The molecule has 0 saturated heterocycles. The largest absolute Gasteiger partial charge is 0.481 e. The van der Waals surface area contributed by atoms with E-state index >= 15 is 0 Å². The van der Waals surface area contributed by atoms with Gasteiger partial charge in [0.1, 0.15) is 11.6 Å². The number of carboxylic acids is 1. The van der Waals surface area contributed by atoms with Gasteiger partial charge < -0.3 is 5.11 Å². The lowest BCUT2D eigenvalue weighted by Crippen LogP contribution is -2.34. The molecule has 86 valence electrons. The van der Waals surface area contributed by atoms with Crippen LogP contribution in [0.1, 0.15) is 31.2 Å². The van der Waals surface area contributed by atoms with Gasteiger partial charge in [0.15, 0.2) is 0 Å². The fraction of sp³-hybridized carbons (Fsp3) is 0.455. The SMILES string of the molecule is O=C(O)C1(c2c(F)cncc2F)CCCC1. The maximum absolute atomic E-state index is 13.5. The van der Waals surface area contributed by atoms with Gasteiger partial charge in [0, 0.05) is 5.56 Å². The van der Waals surface area contributed by atoms with Crippen molar-refractivity contribution in [3.63, 3.8) is 0 Å². The zero-order valence-corrected chi connectivity index (χ0v) is 8.54. The molecule has 1 aromatic rings. The molecule has 1 heterocycles. The van der Waals surface area contributed by atoms with E-state index in [1.807, 2.05) is 0 Å². The Bertz CT molecular complexity index is 408. The topological polar surface area (TPSA) is 50.2 Å². The van der Waals surface area contributed by atoms with Gasteiger partial charge >= 0.3 is 5.97 Å². The summed E-state index contributed by atoms with van der Waals surface area (Å²) in [6.07, 6.45) is 3.63. The maximum atomic E-state index is 13.5. The molecule has 0 aliphatic heterocycles. The number of rotatable bonds is 2. The summed E-state index contributed by atoms with van der Waals surface area (Å²) in [6, 6.07) is 0. The summed E-state index contributed by atoms with van der Waals surface area (Å²) >= 11 is 0. The Hall–Kier alpha value is -1.52. The van der Waals surface area contributed by atoms with Crippen LogP contribution in [0.2, 0.25) is 0 Å². The second-order valence-electron chi connectivity index (χ2n) is 4.07. The average Bonchev–Trinajstić information content (AvgIpc) is 2.67. The van der Waals surface area contributed by atoms with E-state index in [0.29, 0.717) is 12.8 Å². The minimum Gasteiger partial charge on any atom is -0.481 e. The molecule has 1 saturated carbocycles. The molecule has 3 nitrogen and oxygen atoms in total. The molecule has 16 heavy (non-hydrogen) atoms. The Kier molecular flexibility index (Phi) is 2.61. The molecule has 1 aromatic heterocycles. The lowest BCUT2D eigenvalue weighted by molar-refractivity contribution is -0.143. The third-order valence-electron chi connectivity index (χ3n) is 3.20. The molecule has 2 rings (SSSR count). The van der Waals surface area contributed by atoms with Crippen LogP contribution in [0.5, 0.6) is 0 Å². The van der Waals surface area contributed by atoms with E-state index in [-0.39, 0.29) is 18.4 Å². The highest BCUT2D eigenvalue weighted by Gasteiger charge is 2.46. The van der Waals surface area contributed by atoms with E-state index in [4.69, 9.17) is 0 Å². The standard InChI is InChI=1S/C11H11F2NO2/c12-7-5-14-6-8(13)9(7)11(10(15)16)3-1-2-4-11/h5-6H,1-4H2,(H,15,16). The van der Waals surface area contributed by atoms with Crippen molar-refractivity contribution in [2.24, 2.45) is 0 Å². The van der Waals surface area contributed by atoms with Crippen LogP contribution >= 0.6 is 0 Å². The van der Waals surface area contributed by atoms with Crippen molar-refractivity contribution in [3.8, 4) is 0 Å². The first-order valence-electron chi connectivity index (χ1n) is 5.11. The minimum absolute atomic E-state index is 0.278. The quantitative estimate of drug-likeness (QED) is 0.843. The van der Waals surface area contributed by atoms with Crippen molar-refractivity contribution in [3.05, 3.63) is 29.6 Å². The third kappa shape index (κ3) is 1.47. The molecular formula is C11H11F2NO2. The minimum atomic E-state index is -1.41. The highest BCUT2D eigenvalue weighted by atomic mass is 19.1. The molecule has 1 aliphatic rings. The summed E-state index contributed by atoms with van der Waals surface area (Å²) in [6.45, 7) is 0. The van der Waals surface area contributed by atoms with Crippen molar-refractivity contribution in [1.82, 2.24) is 4.98 Å². The summed E-state index contributed by atoms with van der Waals surface area (Å²) in [5.41, 5.74) is -1.75. The molecule has 0 bridgehead atoms. The number of pyridine rings is 1. The Morgan fingerprint density at radius 3 is 2.19 bits per heavy atom. The van der Waals surface area contributed by atoms with E-state index < -0.39 is 23.0 Å². The highest BCUT2D eigenvalue weighted by Crippen LogP contribution is 2.43. The molecule has 1 aliphatic carbocycles. The lowest BCUT2D eigenvalue weighted by Gasteiger charge is -2.24. The fourth-order valence-corrected chi connectivity index (χ4v) is 2.42. The fourth-order valence-electron chi connectivity index (χ4n) is 2.42. The van der Waals surface area contributed by atoms with Crippen LogP contribution < -0.4 is 0 Å². The monoisotopic (exact) mass is 227 g/mol. The second kappa shape index (κ2) is 3.81. The highest BCUT2D eigenvalue weighted by molar-refractivity contribution is 5.81. The van der Waals surface area contributed by atoms with Crippen molar-refractivity contribution in [2.75, 3.05) is 0 Å². The predicted molar refractivity (Wildman–Crippen MR) is 51.9 cm³/mol. The molecular weight excluding hydrogens is 216 g/mol. The summed E-state index contributed by atoms with van der Waals surface area (Å²) in [5.74, 6) is -2.90. The molecule has 0 aromatic carbocycles. The molecule has 0 radical (unpaired) electrons. The van der Waals surface area contributed by atoms with Crippen LogP contribution in [0.25, 0.3) is 0 Å². The molecule has 1 fully saturated rings. The Labute approximate surface area is 91.1 Å². The van der Waals surface area contributed by atoms with E-state index in [1.165, 1.54) is 0 Å². The zero-order valence-electron chi connectivity index (χ0n) is 8.54. The van der Waals surface area contributed by atoms with Gasteiger partial charge in [0.05, 0.1) is 17.8 Å². The number of hydrogen-bond donors (Lipinski definition) is 1. The molecule has 1 N–H and O–H groups in total. The number of aliphatic carboxylic acids is 1. The van der Waals surface area contributed by atoms with Gasteiger partial charge in [-0.05, 0) is 12.8 Å². The van der Waals surface area contributed by atoms with Crippen LogP contribution in [0, 0.1) is 11.6 Å². The van der Waals surface area contributed by atoms with Gasteiger partial charge in [-0.2, -0.15) is 0 Å². The van der Waals surface area contributed by atoms with E-state index in [2.05, 4.69) is 4.98 Å². The van der Waals surface area contributed by atoms with E-state index in [9.17, 15) is 18.7 Å². The van der Waals surface area contributed by atoms with Crippen molar-refractivity contribution in [1.29, 1.82) is 0 Å². The number of halogens is 2. The van der Waals surface area contributed by atoms with Crippen LogP contribution in [-0.4, -0.2) is 16.1 Å². The lowest BCUT2D eigenvalue weighted by atomic mass is 9.79. The van der Waals surface area contributed by atoms with Gasteiger partial charge in [-0.25, -0.2) is 8.78 Å². The number of carboxylic acid groups (broad SMARTS) is 1. The molecule has 0 atom stereocenters. The van der Waals surface area contributed by atoms with Gasteiger partial charge in [0.2, 0.25) is 0 Å². The second-order valence-corrected chi connectivity index (χ2v) is 4.07. The first-order chi connectivity index (χ1) is 7.58. The van der Waals surface area contributed by atoms with Crippen molar-refractivity contribution in [2.45, 2.75) is 31.1 Å². The predicted octanol–water partition coefficient (Wildman–Crippen LogP) is 2.26. The Balaban J connectivity index is 2.60. The summed E-state index contributed by atoms with van der Waals surface area (Å²) in [5, 5.41) is 9.21. The summed E-state index contributed by atoms with van der Waals surface area (Å²) < 4.78 is 27.1. The van der Waals surface area contributed by atoms with Gasteiger partial charge in [-0.15, -0.1) is 0 Å². The first kappa shape index (κ1) is 11.0. The van der Waals surface area contributed by atoms with Crippen LogP contribution in [-0.2, 0) is 10.2 Å². The van der Waals surface area contributed by atoms with Crippen LogP contribution in [0.4, 0.5) is 8.78 Å². The average molecular weight is 227 g/mol. The number of carbonyl (C=O) groups is 1. The number of nitrogens with zero attached hydrogens (tertiary/aromatic N) is 1. The van der Waals surface area contributed by atoms with Crippen molar-refractivity contribution < 1.29 is 18.7 Å². The van der Waals surface area contributed by atoms with Gasteiger partial charge in [-0.1, -0.05) is 12.8 Å². The van der Waals surface area contributed by atoms with Crippen LogP contribution in [0.3, 0.4) is 0 Å². The molecule has 0 spiro atoms. The molecule has 0 amide bonds. The Morgan fingerprint density at radius 1 is 1.25 bits per heavy atom. The van der Waals surface area contributed by atoms with E-state index in [1.54, 1.807) is 0 Å². The summed E-state index contributed by atoms with van der Waals surface area (Å²) in [7, 11) is 0. The van der Waals surface area contributed by atoms with Gasteiger partial charge in [-0.3, -0.25) is 9.78 Å². The molecule has 5 heteroatoms. The van der Waals surface area contributed by atoms with Crippen molar-refractivity contribution >= 4 is 5.97 Å². The van der Waals surface area contributed by atoms with Crippen LogP contribution in [0.15, 0.2) is 12.4 Å². The normalized spacial score (nSPS) is 18.6. The smallest absolute Gasteiger partial charge is 0.314 e. The first-order valence-corrected chi connectivity index (χ1v) is 5.11.